The maximum atomic E-state index is 13.6. The molecule has 0 unspecified atom stereocenters. The van der Waals surface area contributed by atoms with Gasteiger partial charge in [0, 0.05) is 32.0 Å². The predicted molar refractivity (Wildman–Crippen MR) is 130 cm³/mol. The number of carbonyl (C=O) groups excluding carboxylic acids is 2. The van der Waals surface area contributed by atoms with Crippen LogP contribution in [0.15, 0.2) is 91.4 Å². The normalized spacial score (nSPS) is 15.8. The molecule has 1 aliphatic rings. The quantitative estimate of drug-likeness (QED) is 0.482. The van der Waals surface area contributed by atoms with Crippen LogP contribution in [0, 0.1) is 5.92 Å². The number of aromatic nitrogens is 3. The Kier molecular flexibility index (Phi) is 6.25. The van der Waals surface area contributed by atoms with Gasteiger partial charge < -0.3 is 14.8 Å². The molecule has 0 aliphatic carbocycles. The fraction of sp³-hybridized carbons (Fsp3) is 0.222. The topological polar surface area (TPSA) is 72.2 Å². The number of para-hydroxylation sites is 1. The second-order valence-corrected chi connectivity index (χ2v) is 8.51. The predicted octanol–water partition coefficient (Wildman–Crippen LogP) is 3.83. The van der Waals surface area contributed by atoms with E-state index in [0.29, 0.717) is 31.0 Å². The SMILES string of the molecule is O=C(NCc1ccccc1)[C@@H]1CCCN(C(=O)c2cnn(-c3ccccc3)c2-n2cccc2)C1. The maximum Gasteiger partial charge on any atom is 0.259 e. The van der Waals surface area contributed by atoms with E-state index < -0.39 is 0 Å². The molecule has 1 atom stereocenters. The average Bonchev–Trinajstić information content (AvgIpc) is 3.58. The molecule has 0 spiro atoms. The first-order valence-corrected chi connectivity index (χ1v) is 11.6. The molecule has 7 heteroatoms. The standard InChI is InChI=1S/C27H27N5O2/c33-25(28-18-21-10-3-1-4-11-21)22-12-9-17-31(20-22)27(34)24-19-29-32(23-13-5-2-6-14-23)26(24)30-15-7-8-16-30/h1-8,10-11,13-16,19,22H,9,12,17-18,20H2,(H,28,33)/t22-/m1/s1. The van der Waals surface area contributed by atoms with Gasteiger partial charge >= 0.3 is 0 Å². The van der Waals surface area contributed by atoms with Gasteiger partial charge in [-0.25, -0.2) is 4.68 Å². The molecule has 1 fully saturated rings. The molecule has 2 aromatic carbocycles. The van der Waals surface area contributed by atoms with Crippen molar-refractivity contribution in [3.05, 3.63) is 103 Å². The molecule has 0 radical (unpaired) electrons. The largest absolute Gasteiger partial charge is 0.352 e. The van der Waals surface area contributed by atoms with Gasteiger partial charge in [-0.3, -0.25) is 9.59 Å². The third-order valence-electron chi connectivity index (χ3n) is 6.21. The van der Waals surface area contributed by atoms with E-state index in [-0.39, 0.29) is 17.7 Å². The number of carbonyl (C=O) groups is 2. The highest BCUT2D eigenvalue weighted by molar-refractivity contribution is 5.97. The molecule has 3 heterocycles. The third kappa shape index (κ3) is 4.50. The van der Waals surface area contributed by atoms with E-state index in [1.807, 2.05) is 89.8 Å². The summed E-state index contributed by atoms with van der Waals surface area (Å²) in [6.45, 7) is 1.52. The molecule has 1 aliphatic heterocycles. The van der Waals surface area contributed by atoms with Crippen LogP contribution in [-0.2, 0) is 11.3 Å². The van der Waals surface area contributed by atoms with E-state index in [4.69, 9.17) is 0 Å². The monoisotopic (exact) mass is 453 g/mol. The minimum Gasteiger partial charge on any atom is -0.352 e. The van der Waals surface area contributed by atoms with Gasteiger partial charge in [0.1, 0.15) is 5.56 Å². The molecule has 7 nitrogen and oxygen atoms in total. The zero-order valence-corrected chi connectivity index (χ0v) is 18.9. The van der Waals surface area contributed by atoms with Crippen molar-refractivity contribution in [2.24, 2.45) is 5.92 Å². The third-order valence-corrected chi connectivity index (χ3v) is 6.21. The average molecular weight is 454 g/mol. The Bertz CT molecular complexity index is 1250. The Hall–Kier alpha value is -4.13. The Labute approximate surface area is 198 Å². The van der Waals surface area contributed by atoms with Crippen LogP contribution in [0.25, 0.3) is 11.5 Å². The van der Waals surface area contributed by atoms with E-state index in [1.54, 1.807) is 15.8 Å². The molecular weight excluding hydrogens is 426 g/mol. The number of benzene rings is 2. The molecule has 5 rings (SSSR count). The first kappa shape index (κ1) is 21.7. The Morgan fingerprint density at radius 2 is 1.65 bits per heavy atom. The van der Waals surface area contributed by atoms with Gasteiger partial charge in [0.2, 0.25) is 5.91 Å². The summed E-state index contributed by atoms with van der Waals surface area (Å²) >= 11 is 0. The molecular formula is C27H27N5O2. The van der Waals surface area contributed by atoms with Gasteiger partial charge in [0.05, 0.1) is 17.8 Å². The van der Waals surface area contributed by atoms with Gasteiger partial charge in [-0.2, -0.15) is 5.10 Å². The Balaban J connectivity index is 1.35. The molecule has 0 bridgehead atoms. The number of likely N-dealkylation sites (tertiary alicyclic amines) is 1. The summed E-state index contributed by atoms with van der Waals surface area (Å²) in [7, 11) is 0. The van der Waals surface area contributed by atoms with E-state index in [0.717, 1.165) is 24.1 Å². The summed E-state index contributed by atoms with van der Waals surface area (Å²) < 4.78 is 3.68. The highest BCUT2D eigenvalue weighted by Gasteiger charge is 2.31. The van der Waals surface area contributed by atoms with Crippen molar-refractivity contribution in [1.29, 1.82) is 0 Å². The fourth-order valence-corrected chi connectivity index (χ4v) is 4.45. The molecule has 1 saturated heterocycles. The molecule has 4 aromatic rings. The van der Waals surface area contributed by atoms with E-state index in [2.05, 4.69) is 10.4 Å². The number of rotatable bonds is 6. The van der Waals surface area contributed by atoms with Crippen LogP contribution in [0.5, 0.6) is 0 Å². The molecule has 1 N–H and O–H groups in total. The van der Waals surface area contributed by atoms with E-state index in [1.165, 1.54) is 0 Å². The number of piperidine rings is 1. The molecule has 172 valence electrons. The summed E-state index contributed by atoms with van der Waals surface area (Å²) in [5.41, 5.74) is 2.46. The lowest BCUT2D eigenvalue weighted by Crippen LogP contribution is -2.45. The summed E-state index contributed by atoms with van der Waals surface area (Å²) in [5, 5.41) is 7.57. The van der Waals surface area contributed by atoms with Gasteiger partial charge in [0.25, 0.3) is 5.91 Å². The fourth-order valence-electron chi connectivity index (χ4n) is 4.45. The minimum atomic E-state index is -0.222. The number of hydrogen-bond acceptors (Lipinski definition) is 3. The van der Waals surface area contributed by atoms with Crippen LogP contribution in [0.3, 0.4) is 0 Å². The molecule has 2 amide bonds. The second kappa shape index (κ2) is 9.79. The van der Waals surface area contributed by atoms with E-state index in [9.17, 15) is 9.59 Å². The first-order chi connectivity index (χ1) is 16.7. The first-order valence-electron chi connectivity index (χ1n) is 11.6. The van der Waals surface area contributed by atoms with Crippen molar-refractivity contribution in [2.45, 2.75) is 19.4 Å². The highest BCUT2D eigenvalue weighted by atomic mass is 16.2. The van der Waals surface area contributed by atoms with Crippen LogP contribution in [0.2, 0.25) is 0 Å². The number of nitrogens with zero attached hydrogens (tertiary/aromatic N) is 4. The van der Waals surface area contributed by atoms with Gasteiger partial charge in [0.15, 0.2) is 5.82 Å². The van der Waals surface area contributed by atoms with Crippen molar-refractivity contribution in [2.75, 3.05) is 13.1 Å². The zero-order valence-electron chi connectivity index (χ0n) is 18.9. The Morgan fingerprint density at radius 1 is 0.941 bits per heavy atom. The smallest absolute Gasteiger partial charge is 0.259 e. The highest BCUT2D eigenvalue weighted by Crippen LogP contribution is 2.24. The lowest BCUT2D eigenvalue weighted by Gasteiger charge is -2.32. The van der Waals surface area contributed by atoms with Crippen molar-refractivity contribution in [3.63, 3.8) is 0 Å². The van der Waals surface area contributed by atoms with Crippen LogP contribution in [0.4, 0.5) is 0 Å². The lowest BCUT2D eigenvalue weighted by atomic mass is 9.96. The molecule has 34 heavy (non-hydrogen) atoms. The second-order valence-electron chi connectivity index (χ2n) is 8.51. The van der Waals surface area contributed by atoms with E-state index >= 15 is 0 Å². The summed E-state index contributed by atoms with van der Waals surface area (Å²) in [4.78, 5) is 28.3. The number of amides is 2. The van der Waals surface area contributed by atoms with Crippen LogP contribution < -0.4 is 5.32 Å². The van der Waals surface area contributed by atoms with Crippen molar-refractivity contribution in [3.8, 4) is 11.5 Å². The Morgan fingerprint density at radius 3 is 2.38 bits per heavy atom. The van der Waals surface area contributed by atoms with Crippen molar-refractivity contribution in [1.82, 2.24) is 24.6 Å². The van der Waals surface area contributed by atoms with Gasteiger partial charge in [-0.1, -0.05) is 48.5 Å². The zero-order chi connectivity index (χ0) is 23.3. The number of nitrogens with one attached hydrogen (secondary N) is 1. The lowest BCUT2D eigenvalue weighted by molar-refractivity contribution is -0.126. The number of hydrogen-bond donors (Lipinski definition) is 1. The molecule has 0 saturated carbocycles. The maximum absolute atomic E-state index is 13.6. The summed E-state index contributed by atoms with van der Waals surface area (Å²) in [6, 6.07) is 23.5. The summed E-state index contributed by atoms with van der Waals surface area (Å²) in [6.07, 6.45) is 7.01. The van der Waals surface area contributed by atoms with Crippen LogP contribution >= 0.6 is 0 Å². The van der Waals surface area contributed by atoms with Gasteiger partial charge in [-0.05, 0) is 42.7 Å². The minimum absolute atomic E-state index is 0.00744. The summed E-state index contributed by atoms with van der Waals surface area (Å²) in [5.74, 6) is 0.357. The van der Waals surface area contributed by atoms with Crippen LogP contribution in [-0.4, -0.2) is 44.2 Å². The van der Waals surface area contributed by atoms with Crippen molar-refractivity contribution < 1.29 is 9.59 Å². The van der Waals surface area contributed by atoms with Crippen LogP contribution in [0.1, 0.15) is 28.8 Å². The van der Waals surface area contributed by atoms with Gasteiger partial charge in [-0.15, -0.1) is 0 Å². The van der Waals surface area contributed by atoms with Crippen molar-refractivity contribution >= 4 is 11.8 Å². The molecule has 2 aromatic heterocycles.